The van der Waals surface area contributed by atoms with Gasteiger partial charge >= 0.3 is 0 Å². The molecule has 1 fully saturated rings. The predicted molar refractivity (Wildman–Crippen MR) is 95.0 cm³/mol. The molecule has 0 amide bonds. The average Bonchev–Trinajstić information content (AvgIpc) is 2.49. The molecule has 0 aromatic carbocycles. The first-order chi connectivity index (χ1) is 10.4. The van der Waals surface area contributed by atoms with Crippen molar-refractivity contribution in [3.05, 3.63) is 0 Å². The molecule has 4 heteroatoms. The van der Waals surface area contributed by atoms with Crippen molar-refractivity contribution in [2.45, 2.75) is 65.1 Å². The average molecular weight is 314 g/mol. The molecule has 1 aliphatic rings. The molecule has 1 heterocycles. The zero-order valence-corrected chi connectivity index (χ0v) is 15.5. The summed E-state index contributed by atoms with van der Waals surface area (Å²) in [5, 5.41) is 12.9. The smallest absolute Gasteiger partial charge is 0.104 e. The minimum absolute atomic E-state index is 0.322. The highest BCUT2D eigenvalue weighted by atomic mass is 16.3. The second-order valence-corrected chi connectivity index (χ2v) is 7.56. The van der Waals surface area contributed by atoms with Crippen LogP contribution in [-0.4, -0.2) is 67.5 Å². The Hall–Kier alpha value is -0.160. The molecule has 1 saturated heterocycles. The zero-order chi connectivity index (χ0) is 16.5. The summed E-state index contributed by atoms with van der Waals surface area (Å²) in [7, 11) is 4.06. The summed E-state index contributed by atoms with van der Waals surface area (Å²) in [5.41, 5.74) is 0. The summed E-state index contributed by atoms with van der Waals surface area (Å²) in [5.74, 6) is 1.61. The molecule has 2 N–H and O–H groups in total. The Morgan fingerprint density at radius 3 is 2.36 bits per heavy atom. The topological polar surface area (TPSA) is 38.7 Å². The van der Waals surface area contributed by atoms with Gasteiger partial charge in [-0.2, -0.15) is 0 Å². The Bertz CT molecular complexity index is 276. The summed E-state index contributed by atoms with van der Waals surface area (Å²) < 4.78 is 0. The number of likely N-dealkylation sites (tertiary alicyclic amines) is 1. The van der Waals surface area contributed by atoms with Crippen LogP contribution in [0, 0.1) is 11.8 Å². The fourth-order valence-corrected chi connectivity index (χ4v) is 3.48. The maximum atomic E-state index is 9.54. The van der Waals surface area contributed by atoms with Crippen molar-refractivity contribution in [2.24, 2.45) is 11.8 Å². The highest BCUT2D eigenvalue weighted by Crippen LogP contribution is 2.25. The lowest BCUT2D eigenvalue weighted by atomic mass is 9.90. The van der Waals surface area contributed by atoms with Gasteiger partial charge in [0.1, 0.15) is 6.23 Å². The highest BCUT2D eigenvalue weighted by molar-refractivity contribution is 4.80. The zero-order valence-electron chi connectivity index (χ0n) is 15.5. The molecule has 0 aliphatic carbocycles. The standard InChI is InChI=1S/C18H39N3O/c1-15(2)14-18(6-10-19-4)21-12-8-17(9-13-21)7-11-20(5)16(3)22/h15-19,22H,6-14H2,1-5H3/t16-,18?/m1/s1. The van der Waals surface area contributed by atoms with Gasteiger partial charge < -0.3 is 15.3 Å². The van der Waals surface area contributed by atoms with Crippen LogP contribution in [0.2, 0.25) is 0 Å². The largest absolute Gasteiger partial charge is 0.379 e. The fraction of sp³-hybridized carbons (Fsp3) is 1.00. The summed E-state index contributed by atoms with van der Waals surface area (Å²) in [6, 6.07) is 0.744. The molecule has 132 valence electrons. The van der Waals surface area contributed by atoms with Gasteiger partial charge in [-0.3, -0.25) is 4.90 Å². The molecule has 0 aromatic rings. The summed E-state index contributed by atoms with van der Waals surface area (Å²) in [6.07, 6.45) is 6.13. The van der Waals surface area contributed by atoms with E-state index in [1.54, 1.807) is 0 Å². The first-order valence-electron chi connectivity index (χ1n) is 9.21. The van der Waals surface area contributed by atoms with Gasteiger partial charge in [-0.25, -0.2) is 0 Å². The monoisotopic (exact) mass is 313 g/mol. The molecule has 0 aromatic heterocycles. The molecule has 1 rings (SSSR count). The van der Waals surface area contributed by atoms with Crippen LogP contribution < -0.4 is 5.32 Å². The lowest BCUT2D eigenvalue weighted by molar-refractivity contribution is 0.0305. The van der Waals surface area contributed by atoms with Crippen molar-refractivity contribution in [3.63, 3.8) is 0 Å². The molecule has 4 nitrogen and oxygen atoms in total. The molecule has 22 heavy (non-hydrogen) atoms. The third kappa shape index (κ3) is 7.40. The normalized spacial score (nSPS) is 20.7. The van der Waals surface area contributed by atoms with Crippen molar-refractivity contribution in [1.29, 1.82) is 0 Å². The van der Waals surface area contributed by atoms with E-state index in [9.17, 15) is 5.11 Å². The van der Waals surface area contributed by atoms with Crippen LogP contribution in [0.25, 0.3) is 0 Å². The number of nitrogens with one attached hydrogen (secondary N) is 1. The van der Waals surface area contributed by atoms with E-state index in [0.29, 0.717) is 0 Å². The van der Waals surface area contributed by atoms with Crippen molar-refractivity contribution in [3.8, 4) is 0 Å². The van der Waals surface area contributed by atoms with Gasteiger partial charge in [-0.05, 0) is 84.6 Å². The van der Waals surface area contributed by atoms with Gasteiger partial charge in [0.25, 0.3) is 0 Å². The van der Waals surface area contributed by atoms with Crippen LogP contribution in [0.5, 0.6) is 0 Å². The number of rotatable bonds is 10. The van der Waals surface area contributed by atoms with Crippen LogP contribution in [0.4, 0.5) is 0 Å². The number of piperidine rings is 1. The van der Waals surface area contributed by atoms with Crippen molar-refractivity contribution in [2.75, 3.05) is 40.3 Å². The lowest BCUT2D eigenvalue weighted by Crippen LogP contribution is -2.43. The molecular weight excluding hydrogens is 274 g/mol. The minimum atomic E-state index is -0.322. The van der Waals surface area contributed by atoms with E-state index < -0.39 is 0 Å². The Labute approximate surface area is 138 Å². The number of hydrogen-bond acceptors (Lipinski definition) is 4. The molecule has 2 atom stereocenters. The summed E-state index contributed by atoms with van der Waals surface area (Å²) >= 11 is 0. The van der Waals surface area contributed by atoms with Gasteiger partial charge in [0.15, 0.2) is 0 Å². The van der Waals surface area contributed by atoms with E-state index in [1.165, 1.54) is 45.2 Å². The number of hydrogen-bond donors (Lipinski definition) is 2. The molecule has 0 bridgehead atoms. The number of aliphatic hydroxyl groups excluding tert-OH is 1. The van der Waals surface area contributed by atoms with Crippen LogP contribution in [0.15, 0.2) is 0 Å². The summed E-state index contributed by atoms with van der Waals surface area (Å²) in [4.78, 5) is 4.77. The number of nitrogens with zero attached hydrogens (tertiary/aromatic N) is 2. The van der Waals surface area contributed by atoms with Gasteiger partial charge in [0.2, 0.25) is 0 Å². The summed E-state index contributed by atoms with van der Waals surface area (Å²) in [6.45, 7) is 11.2. The van der Waals surface area contributed by atoms with Crippen molar-refractivity contribution < 1.29 is 5.11 Å². The third-order valence-corrected chi connectivity index (χ3v) is 5.16. The van der Waals surface area contributed by atoms with Crippen molar-refractivity contribution >= 4 is 0 Å². The van der Waals surface area contributed by atoms with Gasteiger partial charge in [-0.1, -0.05) is 13.8 Å². The molecular formula is C18H39N3O. The van der Waals surface area contributed by atoms with Crippen LogP contribution in [0.1, 0.15) is 52.9 Å². The SMILES string of the molecule is CNCCC(CC(C)C)N1CCC(CCN(C)[C@@H](C)O)CC1. The van der Waals surface area contributed by atoms with Crippen LogP contribution >= 0.6 is 0 Å². The molecule has 0 saturated carbocycles. The first-order valence-corrected chi connectivity index (χ1v) is 9.21. The fourth-order valence-electron chi connectivity index (χ4n) is 3.48. The van der Waals surface area contributed by atoms with Gasteiger partial charge in [-0.15, -0.1) is 0 Å². The molecule has 1 aliphatic heterocycles. The van der Waals surface area contributed by atoms with E-state index in [2.05, 4.69) is 31.1 Å². The third-order valence-electron chi connectivity index (χ3n) is 5.16. The Morgan fingerprint density at radius 2 is 1.86 bits per heavy atom. The number of aliphatic hydroxyl groups is 1. The van der Waals surface area contributed by atoms with E-state index >= 15 is 0 Å². The Morgan fingerprint density at radius 1 is 1.23 bits per heavy atom. The van der Waals surface area contributed by atoms with E-state index in [1.807, 2.05) is 18.9 Å². The van der Waals surface area contributed by atoms with Crippen molar-refractivity contribution in [1.82, 2.24) is 15.1 Å². The van der Waals surface area contributed by atoms with E-state index in [-0.39, 0.29) is 6.23 Å². The highest BCUT2D eigenvalue weighted by Gasteiger charge is 2.25. The quantitative estimate of drug-likeness (QED) is 0.608. The van der Waals surface area contributed by atoms with Gasteiger partial charge in [0, 0.05) is 12.6 Å². The Balaban J connectivity index is 2.34. The van der Waals surface area contributed by atoms with Crippen LogP contribution in [-0.2, 0) is 0 Å². The molecule has 0 spiro atoms. The van der Waals surface area contributed by atoms with Gasteiger partial charge in [0.05, 0.1) is 0 Å². The van der Waals surface area contributed by atoms with E-state index in [4.69, 9.17) is 0 Å². The minimum Gasteiger partial charge on any atom is -0.379 e. The maximum Gasteiger partial charge on any atom is 0.104 e. The Kier molecular flexibility index (Phi) is 9.57. The van der Waals surface area contributed by atoms with Crippen LogP contribution in [0.3, 0.4) is 0 Å². The molecule has 1 unspecified atom stereocenters. The predicted octanol–water partition coefficient (Wildman–Crippen LogP) is 2.38. The first kappa shape index (κ1) is 19.9. The lowest BCUT2D eigenvalue weighted by Gasteiger charge is -2.39. The second-order valence-electron chi connectivity index (χ2n) is 7.56. The van der Waals surface area contributed by atoms with E-state index in [0.717, 1.165) is 31.0 Å². The maximum absolute atomic E-state index is 9.54. The second kappa shape index (κ2) is 10.6. The molecule has 0 radical (unpaired) electrons.